The number of carbonyl (C=O) groups excluding carboxylic acids is 1. The summed E-state index contributed by atoms with van der Waals surface area (Å²) in [5.41, 5.74) is 0. The van der Waals surface area contributed by atoms with Crippen molar-refractivity contribution in [2.24, 2.45) is 0 Å². The molecule has 9 heteroatoms. The zero-order valence-corrected chi connectivity index (χ0v) is 12.9. The zero-order chi connectivity index (χ0) is 13.9. The summed E-state index contributed by atoms with van der Waals surface area (Å²) in [6.45, 7) is 1.36. The maximum atomic E-state index is 11.9. The van der Waals surface area contributed by atoms with Gasteiger partial charge in [-0.2, -0.15) is 0 Å². The number of ether oxygens (including phenoxy) is 1. The Kier molecular flexibility index (Phi) is 5.29. The number of carbonyl (C=O) groups is 1. The van der Waals surface area contributed by atoms with Gasteiger partial charge in [-0.25, -0.2) is 17.9 Å². The summed E-state index contributed by atoms with van der Waals surface area (Å²) in [5, 5.41) is 9.05. The van der Waals surface area contributed by atoms with Gasteiger partial charge in [0.25, 0.3) is 0 Å². The summed E-state index contributed by atoms with van der Waals surface area (Å²) < 4.78 is 30.8. The molecule has 6 nitrogen and oxygen atoms in total. The summed E-state index contributed by atoms with van der Waals surface area (Å²) >= 11 is 4.06. The van der Waals surface area contributed by atoms with Crippen LogP contribution in [0.1, 0.15) is 16.6 Å². The minimum absolute atomic E-state index is 0.0476. The molecule has 1 atom stereocenters. The first-order valence-electron chi connectivity index (χ1n) is 4.83. The zero-order valence-electron chi connectivity index (χ0n) is 9.64. The van der Waals surface area contributed by atoms with Gasteiger partial charge in [0.05, 0.1) is 17.0 Å². The second-order valence-corrected chi connectivity index (χ2v) is 7.55. The van der Waals surface area contributed by atoms with Gasteiger partial charge in [-0.3, -0.25) is 0 Å². The van der Waals surface area contributed by atoms with E-state index in [2.05, 4.69) is 25.4 Å². The Morgan fingerprint density at radius 2 is 2.28 bits per heavy atom. The lowest BCUT2D eigenvalue weighted by atomic mass is 10.4. The highest BCUT2D eigenvalue weighted by atomic mass is 79.9. The molecule has 0 amide bonds. The van der Waals surface area contributed by atoms with Crippen molar-refractivity contribution in [1.29, 1.82) is 0 Å². The van der Waals surface area contributed by atoms with Crippen LogP contribution in [0.5, 0.6) is 0 Å². The summed E-state index contributed by atoms with van der Waals surface area (Å²) in [5.74, 6) is -0.599. The van der Waals surface area contributed by atoms with Gasteiger partial charge in [0.1, 0.15) is 9.77 Å². The monoisotopic (exact) mass is 357 g/mol. The lowest BCUT2D eigenvalue weighted by molar-refractivity contribution is 0.0606. The Balaban J connectivity index is 3.02. The van der Waals surface area contributed by atoms with Gasteiger partial charge in [0, 0.05) is 6.54 Å². The second kappa shape index (κ2) is 6.11. The standard InChI is InChI=1S/C9H12BrNO5S2/c1-5(12)4-11-18(14,15)7-3-6(9(13)16-2)17-8(7)10/h3,5,11-12H,4H2,1-2H3/t5-/m0/s1. The molecule has 0 aromatic carbocycles. The summed E-state index contributed by atoms with van der Waals surface area (Å²) in [6.07, 6.45) is -0.794. The third-order valence-corrected chi connectivity index (χ3v) is 5.56. The number of esters is 1. The van der Waals surface area contributed by atoms with Crippen LogP contribution in [-0.4, -0.2) is 39.3 Å². The maximum absolute atomic E-state index is 11.9. The summed E-state index contributed by atoms with van der Waals surface area (Å²) in [6, 6.07) is 1.23. The van der Waals surface area contributed by atoms with E-state index in [0.29, 0.717) is 3.79 Å². The van der Waals surface area contributed by atoms with Crippen LogP contribution in [0.2, 0.25) is 0 Å². The van der Waals surface area contributed by atoms with E-state index in [0.717, 1.165) is 11.3 Å². The molecular formula is C9H12BrNO5S2. The quantitative estimate of drug-likeness (QED) is 0.765. The average Bonchev–Trinajstić information content (AvgIpc) is 2.68. The van der Waals surface area contributed by atoms with Crippen LogP contribution in [-0.2, 0) is 14.8 Å². The molecule has 0 unspecified atom stereocenters. The predicted molar refractivity (Wildman–Crippen MR) is 70.2 cm³/mol. The number of aliphatic hydroxyl groups excluding tert-OH is 1. The Hall–Kier alpha value is -0.480. The third-order valence-electron chi connectivity index (χ3n) is 1.90. The van der Waals surface area contributed by atoms with Crippen molar-refractivity contribution in [3.63, 3.8) is 0 Å². The number of rotatable bonds is 5. The van der Waals surface area contributed by atoms with Crippen molar-refractivity contribution in [3.05, 3.63) is 14.7 Å². The molecule has 1 rings (SSSR count). The van der Waals surface area contributed by atoms with E-state index in [9.17, 15) is 13.2 Å². The summed E-state index contributed by atoms with van der Waals surface area (Å²) in [4.78, 5) is 11.4. The topological polar surface area (TPSA) is 92.7 Å². The lowest BCUT2D eigenvalue weighted by Gasteiger charge is -2.07. The van der Waals surface area contributed by atoms with E-state index in [-0.39, 0.29) is 16.3 Å². The van der Waals surface area contributed by atoms with E-state index in [1.54, 1.807) is 0 Å². The number of hydrogen-bond acceptors (Lipinski definition) is 6. The highest BCUT2D eigenvalue weighted by Crippen LogP contribution is 2.31. The number of methoxy groups -OCH3 is 1. The number of aliphatic hydroxyl groups is 1. The summed E-state index contributed by atoms with van der Waals surface area (Å²) in [7, 11) is -2.54. The molecule has 0 bridgehead atoms. The number of sulfonamides is 1. The highest BCUT2D eigenvalue weighted by molar-refractivity contribution is 9.11. The van der Waals surface area contributed by atoms with Gasteiger partial charge < -0.3 is 9.84 Å². The SMILES string of the molecule is COC(=O)c1cc(S(=O)(=O)NC[C@H](C)O)c(Br)s1. The molecule has 0 saturated carbocycles. The molecule has 0 saturated heterocycles. The van der Waals surface area contributed by atoms with Crippen molar-refractivity contribution >= 4 is 43.3 Å². The van der Waals surface area contributed by atoms with Crippen LogP contribution >= 0.6 is 27.3 Å². The number of nitrogens with one attached hydrogen (secondary N) is 1. The molecule has 102 valence electrons. The van der Waals surface area contributed by atoms with Gasteiger partial charge >= 0.3 is 5.97 Å². The van der Waals surface area contributed by atoms with Crippen LogP contribution in [0.15, 0.2) is 14.7 Å². The fourth-order valence-electron chi connectivity index (χ4n) is 1.04. The van der Waals surface area contributed by atoms with E-state index in [4.69, 9.17) is 5.11 Å². The first-order valence-corrected chi connectivity index (χ1v) is 7.92. The molecule has 1 aromatic rings. The molecule has 18 heavy (non-hydrogen) atoms. The molecule has 1 aromatic heterocycles. The first kappa shape index (κ1) is 15.6. The van der Waals surface area contributed by atoms with Crippen molar-refractivity contribution in [2.75, 3.05) is 13.7 Å². The van der Waals surface area contributed by atoms with Crippen molar-refractivity contribution < 1.29 is 23.1 Å². The minimum Gasteiger partial charge on any atom is -0.465 e. The van der Waals surface area contributed by atoms with Crippen LogP contribution < -0.4 is 4.72 Å². The van der Waals surface area contributed by atoms with Crippen LogP contribution in [0, 0.1) is 0 Å². The normalized spacial score (nSPS) is 13.3. The molecule has 0 spiro atoms. The van der Waals surface area contributed by atoms with Crippen molar-refractivity contribution in [2.45, 2.75) is 17.9 Å². The molecule has 2 N–H and O–H groups in total. The van der Waals surface area contributed by atoms with E-state index < -0.39 is 22.1 Å². The van der Waals surface area contributed by atoms with Crippen LogP contribution in [0.3, 0.4) is 0 Å². The Labute approximate surface area is 117 Å². The van der Waals surface area contributed by atoms with Gasteiger partial charge in [-0.05, 0) is 28.9 Å². The molecule has 0 fully saturated rings. The Morgan fingerprint density at radius 1 is 1.67 bits per heavy atom. The molecule has 1 heterocycles. The maximum Gasteiger partial charge on any atom is 0.348 e. The molecule has 0 aliphatic rings. The molecular weight excluding hydrogens is 346 g/mol. The fourth-order valence-corrected chi connectivity index (χ4v) is 4.65. The number of halogens is 1. The Morgan fingerprint density at radius 3 is 2.78 bits per heavy atom. The van der Waals surface area contributed by atoms with Gasteiger partial charge in [0.15, 0.2) is 0 Å². The van der Waals surface area contributed by atoms with E-state index >= 15 is 0 Å². The van der Waals surface area contributed by atoms with Crippen LogP contribution in [0.4, 0.5) is 0 Å². The van der Waals surface area contributed by atoms with Gasteiger partial charge in [-0.1, -0.05) is 0 Å². The van der Waals surface area contributed by atoms with Crippen molar-refractivity contribution in [3.8, 4) is 0 Å². The Bertz CT molecular complexity index is 537. The van der Waals surface area contributed by atoms with E-state index in [1.165, 1.54) is 20.1 Å². The molecule has 0 radical (unpaired) electrons. The first-order chi connectivity index (χ1) is 8.27. The predicted octanol–water partition coefficient (Wildman–Crippen LogP) is 0.956. The minimum atomic E-state index is -3.76. The second-order valence-electron chi connectivity index (χ2n) is 3.44. The lowest BCUT2D eigenvalue weighted by Crippen LogP contribution is -2.30. The molecule has 0 aliphatic heterocycles. The smallest absolute Gasteiger partial charge is 0.348 e. The largest absolute Gasteiger partial charge is 0.465 e. The average molecular weight is 358 g/mol. The molecule has 0 aliphatic carbocycles. The number of thiophene rings is 1. The van der Waals surface area contributed by atoms with Crippen molar-refractivity contribution in [1.82, 2.24) is 4.72 Å². The van der Waals surface area contributed by atoms with Crippen LogP contribution in [0.25, 0.3) is 0 Å². The highest BCUT2D eigenvalue weighted by Gasteiger charge is 2.23. The third kappa shape index (κ3) is 3.75. The van der Waals surface area contributed by atoms with Gasteiger partial charge in [-0.15, -0.1) is 11.3 Å². The number of hydrogen-bond donors (Lipinski definition) is 2. The van der Waals surface area contributed by atoms with E-state index in [1.807, 2.05) is 0 Å². The fraction of sp³-hybridized carbons (Fsp3) is 0.444. The van der Waals surface area contributed by atoms with Gasteiger partial charge in [0.2, 0.25) is 10.0 Å².